The number of aliphatic hydroxyl groups excluding tert-OH is 1. The van der Waals surface area contributed by atoms with Crippen LogP contribution >= 0.6 is 0 Å². The van der Waals surface area contributed by atoms with Gasteiger partial charge in [0.1, 0.15) is 11.9 Å². The Morgan fingerprint density at radius 1 is 1.10 bits per heavy atom. The molecule has 40 heavy (non-hydrogen) atoms. The van der Waals surface area contributed by atoms with Gasteiger partial charge in [0.15, 0.2) is 0 Å². The molecule has 0 unspecified atom stereocenters. The third-order valence-corrected chi connectivity index (χ3v) is 8.68. The van der Waals surface area contributed by atoms with Crippen molar-refractivity contribution >= 4 is 21.6 Å². The van der Waals surface area contributed by atoms with Crippen LogP contribution in [0.1, 0.15) is 30.5 Å². The summed E-state index contributed by atoms with van der Waals surface area (Å²) in [6, 6.07) is 21.5. The van der Waals surface area contributed by atoms with E-state index >= 15 is 0 Å². The Bertz CT molecular complexity index is 1400. The second-order valence-corrected chi connectivity index (χ2v) is 12.5. The smallest absolute Gasteiger partial charge is 0.261 e. The minimum Gasteiger partial charge on any atom is -0.488 e. The Labute approximate surface area is 237 Å². The zero-order valence-electron chi connectivity index (χ0n) is 23.6. The molecule has 0 saturated heterocycles. The van der Waals surface area contributed by atoms with E-state index in [4.69, 9.17) is 4.74 Å². The molecule has 0 saturated carbocycles. The summed E-state index contributed by atoms with van der Waals surface area (Å²) in [5.41, 5.74) is 3.10. The first kappa shape index (κ1) is 29.6. The van der Waals surface area contributed by atoms with Gasteiger partial charge in [0.05, 0.1) is 24.0 Å². The lowest BCUT2D eigenvalue weighted by Crippen LogP contribution is -2.47. The van der Waals surface area contributed by atoms with Crippen LogP contribution in [0.3, 0.4) is 0 Å². The third-order valence-electron chi connectivity index (χ3n) is 7.29. The van der Waals surface area contributed by atoms with Gasteiger partial charge in [0.2, 0.25) is 5.91 Å². The molecule has 0 aromatic heterocycles. The number of benzene rings is 3. The molecule has 1 heterocycles. The van der Waals surface area contributed by atoms with Gasteiger partial charge in [-0.2, -0.15) is 0 Å². The number of likely N-dealkylation sites (N-methyl/N-ethyl adjacent to an activating group) is 1. The number of rotatable bonds is 9. The van der Waals surface area contributed by atoms with Crippen LogP contribution < -0.4 is 9.46 Å². The van der Waals surface area contributed by atoms with Gasteiger partial charge < -0.3 is 14.7 Å². The van der Waals surface area contributed by atoms with Crippen molar-refractivity contribution in [3.63, 3.8) is 0 Å². The van der Waals surface area contributed by atoms with E-state index in [1.807, 2.05) is 39.1 Å². The van der Waals surface area contributed by atoms with Crippen molar-refractivity contribution in [3.05, 3.63) is 89.5 Å². The number of nitrogens with zero attached hydrogens (tertiary/aromatic N) is 2. The van der Waals surface area contributed by atoms with Gasteiger partial charge in [-0.3, -0.25) is 14.4 Å². The predicted octanol–water partition coefficient (Wildman–Crippen LogP) is 4.08. The van der Waals surface area contributed by atoms with Crippen molar-refractivity contribution in [2.45, 2.75) is 50.8 Å². The normalized spacial score (nSPS) is 18.8. The van der Waals surface area contributed by atoms with Crippen LogP contribution in [0.25, 0.3) is 0 Å². The molecule has 3 atom stereocenters. The van der Waals surface area contributed by atoms with Crippen molar-refractivity contribution < 1.29 is 23.1 Å². The third kappa shape index (κ3) is 7.41. The number of fused-ring (bicyclic) bond motifs is 1. The molecule has 0 radical (unpaired) electrons. The van der Waals surface area contributed by atoms with Crippen LogP contribution in [0.4, 0.5) is 5.69 Å². The SMILES string of the molecule is Cc1ccc(S(=O)(=O)Nc2ccc3c(c2)CC(=O)N([C@@H](C)CO)C[C@H](C)[C@H](CN(C)Cc2ccccc2)O3)cc1. The number of aliphatic hydroxyl groups is 1. The number of nitrogens with one attached hydrogen (secondary N) is 1. The summed E-state index contributed by atoms with van der Waals surface area (Å²) >= 11 is 0. The number of hydrogen-bond acceptors (Lipinski definition) is 6. The zero-order chi connectivity index (χ0) is 28.9. The summed E-state index contributed by atoms with van der Waals surface area (Å²) in [4.78, 5) is 17.5. The van der Waals surface area contributed by atoms with Gasteiger partial charge in [-0.05, 0) is 56.8 Å². The largest absolute Gasteiger partial charge is 0.488 e. The highest BCUT2D eigenvalue weighted by molar-refractivity contribution is 7.92. The fourth-order valence-corrected chi connectivity index (χ4v) is 5.96. The molecular formula is C31H39N3O5S. The first-order valence-electron chi connectivity index (χ1n) is 13.6. The molecule has 1 aliphatic rings. The molecule has 0 spiro atoms. The minimum absolute atomic E-state index is 0.0261. The number of amides is 1. The summed E-state index contributed by atoms with van der Waals surface area (Å²) in [5.74, 6) is 0.381. The molecule has 3 aromatic carbocycles. The van der Waals surface area contributed by atoms with Crippen molar-refractivity contribution in [2.24, 2.45) is 5.92 Å². The summed E-state index contributed by atoms with van der Waals surface area (Å²) in [7, 11) is -1.77. The lowest BCUT2D eigenvalue weighted by atomic mass is 10.0. The molecule has 1 amide bonds. The quantitative estimate of drug-likeness (QED) is 0.406. The Balaban J connectivity index is 1.63. The van der Waals surface area contributed by atoms with Gasteiger partial charge >= 0.3 is 0 Å². The number of sulfonamides is 1. The van der Waals surface area contributed by atoms with E-state index in [-0.39, 0.29) is 41.9 Å². The molecule has 0 fully saturated rings. The van der Waals surface area contributed by atoms with Gasteiger partial charge in [0, 0.05) is 36.8 Å². The molecule has 214 valence electrons. The van der Waals surface area contributed by atoms with E-state index in [2.05, 4.69) is 28.7 Å². The highest BCUT2D eigenvalue weighted by atomic mass is 32.2. The predicted molar refractivity (Wildman–Crippen MR) is 157 cm³/mol. The van der Waals surface area contributed by atoms with Crippen LogP contribution in [0.15, 0.2) is 77.7 Å². The summed E-state index contributed by atoms with van der Waals surface area (Å²) < 4.78 is 35.2. The van der Waals surface area contributed by atoms with Crippen LogP contribution in [0.5, 0.6) is 5.75 Å². The van der Waals surface area contributed by atoms with E-state index in [1.54, 1.807) is 47.4 Å². The maximum absolute atomic E-state index is 13.5. The molecule has 4 rings (SSSR count). The summed E-state index contributed by atoms with van der Waals surface area (Å²) in [5, 5.41) is 9.88. The number of anilines is 1. The van der Waals surface area contributed by atoms with Crippen molar-refractivity contribution in [2.75, 3.05) is 31.5 Å². The highest BCUT2D eigenvalue weighted by Crippen LogP contribution is 2.30. The minimum atomic E-state index is -3.81. The van der Waals surface area contributed by atoms with E-state index < -0.39 is 10.0 Å². The Morgan fingerprint density at radius 2 is 1.80 bits per heavy atom. The molecule has 8 nitrogen and oxygen atoms in total. The van der Waals surface area contributed by atoms with Crippen LogP contribution in [-0.2, 0) is 27.8 Å². The Hall–Kier alpha value is -3.40. The van der Waals surface area contributed by atoms with Crippen LogP contribution in [0.2, 0.25) is 0 Å². The zero-order valence-corrected chi connectivity index (χ0v) is 24.4. The average Bonchev–Trinajstić information content (AvgIpc) is 2.96. The van der Waals surface area contributed by atoms with Gasteiger partial charge in [0.25, 0.3) is 10.0 Å². The number of aryl methyl sites for hydroxylation is 1. The van der Waals surface area contributed by atoms with E-state index in [0.29, 0.717) is 30.1 Å². The maximum Gasteiger partial charge on any atom is 0.261 e. The first-order valence-corrected chi connectivity index (χ1v) is 15.1. The van der Waals surface area contributed by atoms with E-state index in [0.717, 1.165) is 12.1 Å². The number of carbonyl (C=O) groups excluding carboxylic acids is 1. The second-order valence-electron chi connectivity index (χ2n) is 10.8. The van der Waals surface area contributed by atoms with Gasteiger partial charge in [-0.15, -0.1) is 0 Å². The van der Waals surface area contributed by atoms with Gasteiger partial charge in [-0.25, -0.2) is 8.42 Å². The fraction of sp³-hybridized carbons (Fsp3) is 0.387. The lowest BCUT2D eigenvalue weighted by molar-refractivity contribution is -0.134. The number of carbonyl (C=O) groups is 1. The van der Waals surface area contributed by atoms with Crippen molar-refractivity contribution in [1.29, 1.82) is 0 Å². The maximum atomic E-state index is 13.5. The monoisotopic (exact) mass is 565 g/mol. The molecular weight excluding hydrogens is 526 g/mol. The van der Waals surface area contributed by atoms with Crippen molar-refractivity contribution in [1.82, 2.24) is 9.80 Å². The highest BCUT2D eigenvalue weighted by Gasteiger charge is 2.31. The Kier molecular flexibility index (Phi) is 9.50. The van der Waals surface area contributed by atoms with Crippen molar-refractivity contribution in [3.8, 4) is 5.75 Å². The lowest BCUT2D eigenvalue weighted by Gasteiger charge is -2.34. The van der Waals surface area contributed by atoms with Crippen LogP contribution in [0, 0.1) is 12.8 Å². The number of hydrogen-bond donors (Lipinski definition) is 2. The first-order chi connectivity index (χ1) is 19.1. The summed E-state index contributed by atoms with van der Waals surface area (Å²) in [6.07, 6.45) is -0.221. The van der Waals surface area contributed by atoms with E-state index in [9.17, 15) is 18.3 Å². The standard InChI is InChI=1S/C31H39N3O5S/c1-22-10-13-28(14-11-22)40(37,38)32-27-12-15-29-26(16-27)17-31(36)34(24(3)21-35)18-23(2)30(39-29)20-33(4)19-25-8-6-5-7-9-25/h5-16,23-24,30,32,35H,17-21H2,1-4H3/t23-,24-,30-/m0/s1. The topological polar surface area (TPSA) is 99.2 Å². The molecule has 3 aromatic rings. The average molecular weight is 566 g/mol. The molecule has 0 bridgehead atoms. The summed E-state index contributed by atoms with van der Waals surface area (Å²) in [6.45, 7) is 7.43. The second kappa shape index (κ2) is 12.8. The molecule has 1 aliphatic heterocycles. The molecule has 9 heteroatoms. The Morgan fingerprint density at radius 3 is 2.48 bits per heavy atom. The van der Waals surface area contributed by atoms with Gasteiger partial charge in [-0.1, -0.05) is 55.0 Å². The number of ether oxygens (including phenoxy) is 1. The van der Waals surface area contributed by atoms with Crippen LogP contribution in [-0.4, -0.2) is 68.1 Å². The fourth-order valence-electron chi connectivity index (χ4n) is 4.91. The van der Waals surface area contributed by atoms with E-state index in [1.165, 1.54) is 5.56 Å². The molecule has 0 aliphatic carbocycles. The molecule has 2 N–H and O–H groups in total.